The Hall–Kier alpha value is -2.75. The molecular formula is C55H104N8O. The molecule has 64 heavy (non-hydrogen) atoms. The van der Waals surface area contributed by atoms with Gasteiger partial charge in [0.1, 0.15) is 0 Å². The van der Waals surface area contributed by atoms with Crippen LogP contribution in [0.3, 0.4) is 0 Å². The molecule has 0 aliphatic rings. The average molecular weight is 893 g/mol. The van der Waals surface area contributed by atoms with E-state index >= 15 is 0 Å². The highest BCUT2D eigenvalue weighted by Crippen LogP contribution is 2.15. The van der Waals surface area contributed by atoms with E-state index < -0.39 is 0 Å². The molecule has 9 heteroatoms. The lowest BCUT2D eigenvalue weighted by atomic mass is 10.1. The van der Waals surface area contributed by atoms with Gasteiger partial charge in [-0.2, -0.15) is 15.0 Å². The standard InChI is InChI=1S/C55H104N8O/c1-5-9-13-17-21-25-29-33-37-46-62(47-38-34-30-26-22-18-14-10-6-2)50-41-43-56-53-59-54(61-55(60-53)58-45-52-64)57-44-42-51-63(48-39-35-31-27-23-19-15-11-7-3)49-40-36-32-28-24-20-16-12-8-4/h5-8,64H,1-4,9-52H2,(H3,56,57,58,59,60,61). The summed E-state index contributed by atoms with van der Waals surface area (Å²) >= 11 is 0. The van der Waals surface area contributed by atoms with Crippen molar-refractivity contribution in [2.24, 2.45) is 0 Å². The number of nitrogens with zero attached hydrogens (tertiary/aromatic N) is 5. The van der Waals surface area contributed by atoms with Crippen LogP contribution in [0.1, 0.15) is 218 Å². The fourth-order valence-electron chi connectivity index (χ4n) is 8.49. The molecule has 9 nitrogen and oxygen atoms in total. The van der Waals surface area contributed by atoms with E-state index in [2.05, 4.69) is 62.0 Å². The summed E-state index contributed by atoms with van der Waals surface area (Å²) in [5.74, 6) is 1.68. The maximum atomic E-state index is 9.51. The van der Waals surface area contributed by atoms with Gasteiger partial charge in [-0.25, -0.2) is 0 Å². The van der Waals surface area contributed by atoms with E-state index in [9.17, 15) is 5.11 Å². The summed E-state index contributed by atoms with van der Waals surface area (Å²) in [5, 5.41) is 19.7. The predicted molar refractivity (Wildman–Crippen MR) is 283 cm³/mol. The van der Waals surface area contributed by atoms with E-state index in [0.29, 0.717) is 24.4 Å². The largest absolute Gasteiger partial charge is 0.395 e. The summed E-state index contributed by atoms with van der Waals surface area (Å²) in [7, 11) is 0. The Morgan fingerprint density at radius 1 is 0.312 bits per heavy atom. The van der Waals surface area contributed by atoms with Crippen LogP contribution >= 0.6 is 0 Å². The molecular weight excluding hydrogens is 789 g/mol. The van der Waals surface area contributed by atoms with Crippen molar-refractivity contribution in [2.75, 3.05) is 81.5 Å². The zero-order valence-corrected chi connectivity index (χ0v) is 41.9. The first-order valence-corrected chi connectivity index (χ1v) is 27.1. The Balaban J connectivity index is 2.65. The van der Waals surface area contributed by atoms with Crippen molar-refractivity contribution in [1.29, 1.82) is 0 Å². The van der Waals surface area contributed by atoms with Gasteiger partial charge in [0.2, 0.25) is 17.8 Å². The molecule has 0 amide bonds. The monoisotopic (exact) mass is 893 g/mol. The zero-order chi connectivity index (χ0) is 46.1. The molecule has 1 heterocycles. The van der Waals surface area contributed by atoms with Gasteiger partial charge in [-0.3, -0.25) is 0 Å². The lowest BCUT2D eigenvalue weighted by Crippen LogP contribution is -2.29. The number of unbranched alkanes of at least 4 members (excludes halogenated alkanes) is 28. The second-order valence-electron chi connectivity index (χ2n) is 18.4. The minimum Gasteiger partial charge on any atom is -0.395 e. The molecule has 1 aromatic rings. The maximum Gasteiger partial charge on any atom is 0.229 e. The van der Waals surface area contributed by atoms with Crippen molar-refractivity contribution in [2.45, 2.75) is 218 Å². The smallest absolute Gasteiger partial charge is 0.229 e. The van der Waals surface area contributed by atoms with Crippen molar-refractivity contribution in [3.05, 3.63) is 50.6 Å². The van der Waals surface area contributed by atoms with Gasteiger partial charge in [-0.05, 0) is 129 Å². The summed E-state index contributed by atoms with van der Waals surface area (Å²) in [6, 6.07) is 0. The first-order valence-electron chi connectivity index (χ1n) is 27.1. The maximum absolute atomic E-state index is 9.51. The minimum atomic E-state index is 0.0276. The lowest BCUT2D eigenvalue weighted by Gasteiger charge is -2.23. The molecule has 0 fully saturated rings. The predicted octanol–water partition coefficient (Wildman–Crippen LogP) is 14.7. The number of aliphatic hydroxyl groups is 1. The van der Waals surface area contributed by atoms with E-state index in [-0.39, 0.29) is 6.61 Å². The topological polar surface area (TPSA) is 101 Å². The van der Waals surface area contributed by atoms with Crippen molar-refractivity contribution in [3.63, 3.8) is 0 Å². The van der Waals surface area contributed by atoms with Crippen LogP contribution in [0.15, 0.2) is 50.6 Å². The number of anilines is 3. The average Bonchev–Trinajstić information content (AvgIpc) is 3.30. The van der Waals surface area contributed by atoms with E-state index in [1.807, 2.05) is 24.3 Å². The highest BCUT2D eigenvalue weighted by molar-refractivity contribution is 5.42. The number of hydrogen-bond donors (Lipinski definition) is 4. The molecule has 1 aromatic heterocycles. The molecule has 0 unspecified atom stereocenters. The number of nitrogens with one attached hydrogen (secondary N) is 3. The third-order valence-corrected chi connectivity index (χ3v) is 12.4. The number of hydrogen-bond acceptors (Lipinski definition) is 9. The minimum absolute atomic E-state index is 0.0276. The second kappa shape index (κ2) is 48.2. The Kier molecular flexibility index (Phi) is 44.6. The molecule has 370 valence electrons. The summed E-state index contributed by atoms with van der Waals surface area (Å²) < 4.78 is 0. The van der Waals surface area contributed by atoms with Crippen molar-refractivity contribution in [3.8, 4) is 0 Å². The lowest BCUT2D eigenvalue weighted by molar-refractivity contribution is 0.259. The van der Waals surface area contributed by atoms with Crippen LogP contribution in [-0.4, -0.2) is 95.4 Å². The Morgan fingerprint density at radius 3 is 0.781 bits per heavy atom. The molecule has 0 spiro atoms. The van der Waals surface area contributed by atoms with Crippen molar-refractivity contribution >= 4 is 17.8 Å². The number of aromatic nitrogens is 3. The highest BCUT2D eigenvalue weighted by Gasteiger charge is 2.10. The SMILES string of the molecule is C=CCCCCCCCCCN(CCCCCCCCCC=C)CCCNc1nc(NCCO)nc(NCCCN(CCCCCCCCCC=C)CCCCCCCCCC=C)n1. The molecule has 0 aromatic carbocycles. The molecule has 0 bridgehead atoms. The van der Waals surface area contributed by atoms with Crippen LogP contribution in [0.5, 0.6) is 0 Å². The Labute approximate surface area is 396 Å². The van der Waals surface area contributed by atoms with Crippen LogP contribution in [0.4, 0.5) is 17.8 Å². The summed E-state index contributed by atoms with van der Waals surface area (Å²) in [4.78, 5) is 19.5. The van der Waals surface area contributed by atoms with Gasteiger partial charge >= 0.3 is 0 Å². The number of aliphatic hydroxyl groups excluding tert-OH is 1. The molecule has 0 atom stereocenters. The van der Waals surface area contributed by atoms with Gasteiger partial charge in [-0.1, -0.05) is 153 Å². The first kappa shape index (κ1) is 59.3. The third-order valence-electron chi connectivity index (χ3n) is 12.4. The van der Waals surface area contributed by atoms with Crippen LogP contribution in [0.2, 0.25) is 0 Å². The van der Waals surface area contributed by atoms with Crippen LogP contribution in [0, 0.1) is 0 Å². The van der Waals surface area contributed by atoms with E-state index in [1.54, 1.807) is 0 Å². The van der Waals surface area contributed by atoms with Gasteiger partial charge in [-0.15, -0.1) is 26.3 Å². The first-order chi connectivity index (χ1) is 31.7. The van der Waals surface area contributed by atoms with E-state index in [0.717, 1.165) is 64.7 Å². The van der Waals surface area contributed by atoms with Crippen molar-refractivity contribution in [1.82, 2.24) is 24.8 Å². The van der Waals surface area contributed by atoms with Gasteiger partial charge in [0.05, 0.1) is 6.61 Å². The molecule has 0 radical (unpaired) electrons. The quantitative estimate of drug-likeness (QED) is 0.0376. The van der Waals surface area contributed by atoms with Crippen LogP contribution in [0.25, 0.3) is 0 Å². The highest BCUT2D eigenvalue weighted by atomic mass is 16.3. The molecule has 4 N–H and O–H groups in total. The molecule has 0 saturated carbocycles. The molecule has 0 saturated heterocycles. The molecule has 0 aliphatic carbocycles. The van der Waals surface area contributed by atoms with E-state index in [1.165, 1.54) is 206 Å². The third kappa shape index (κ3) is 39.6. The zero-order valence-electron chi connectivity index (χ0n) is 41.9. The van der Waals surface area contributed by atoms with Gasteiger partial charge in [0, 0.05) is 19.6 Å². The summed E-state index contributed by atoms with van der Waals surface area (Å²) in [6.07, 6.45) is 52.2. The molecule has 1 rings (SSSR count). The fourth-order valence-corrected chi connectivity index (χ4v) is 8.49. The normalized spacial score (nSPS) is 11.4. The Morgan fingerprint density at radius 2 is 0.531 bits per heavy atom. The summed E-state index contributed by atoms with van der Waals surface area (Å²) in [5.41, 5.74) is 0. The second-order valence-corrected chi connectivity index (χ2v) is 18.4. The molecule has 0 aliphatic heterocycles. The van der Waals surface area contributed by atoms with E-state index in [4.69, 9.17) is 4.98 Å². The van der Waals surface area contributed by atoms with Gasteiger partial charge in [0.25, 0.3) is 0 Å². The van der Waals surface area contributed by atoms with Gasteiger partial charge < -0.3 is 30.9 Å². The van der Waals surface area contributed by atoms with Crippen LogP contribution < -0.4 is 16.0 Å². The Bertz CT molecular complexity index is 1050. The number of rotatable bonds is 53. The van der Waals surface area contributed by atoms with Crippen LogP contribution in [-0.2, 0) is 0 Å². The summed E-state index contributed by atoms with van der Waals surface area (Å²) in [6.45, 7) is 24.4. The van der Waals surface area contributed by atoms with Crippen molar-refractivity contribution < 1.29 is 5.11 Å². The van der Waals surface area contributed by atoms with Gasteiger partial charge in [0.15, 0.2) is 0 Å². The fraction of sp³-hybridized carbons (Fsp3) is 0.800. The number of allylic oxidation sites excluding steroid dienone is 4.